The van der Waals surface area contributed by atoms with Gasteiger partial charge in [0.2, 0.25) is 0 Å². The molecule has 4 rings (SSSR count). The maximum Gasteiger partial charge on any atom is 0.333 e. The second kappa shape index (κ2) is 15.4. The molecule has 0 radical (unpaired) electrons. The number of ether oxygens (including phenoxy) is 3. The fraction of sp³-hybridized carbons (Fsp3) is 0.469. The number of carbonyl (C=O) groups excluding carboxylic acids is 2. The molecular formula is C32H39ClN2O5S. The smallest absolute Gasteiger partial charge is 0.333 e. The third kappa shape index (κ3) is 8.15. The molecule has 0 aromatic heterocycles. The standard InChI is InChI=1S/C32H39ClN2O5S/c1-4-5-6-10-15-26(39-20-23-12-8-7-9-13-23)18-27-34-28-30(36)35(31(28)41-27)29(22(2)19-33)32(37)40-21-24-14-11-16-25(17-24)38-3/h7-9,11-14,16-17,26,28-29,31H,2,4-6,10,15,18-21H2,1,3H3. The van der Waals surface area contributed by atoms with Crippen LogP contribution in [0.5, 0.6) is 5.75 Å². The topological polar surface area (TPSA) is 77.4 Å². The number of esters is 1. The lowest BCUT2D eigenvalue weighted by atomic mass is 10.00. The molecule has 1 amide bonds. The molecule has 2 heterocycles. The van der Waals surface area contributed by atoms with E-state index in [0.29, 0.717) is 24.4 Å². The van der Waals surface area contributed by atoms with Crippen LogP contribution in [0, 0.1) is 0 Å². The van der Waals surface area contributed by atoms with Crippen LogP contribution in [0.25, 0.3) is 0 Å². The number of hydrogen-bond acceptors (Lipinski definition) is 7. The Labute approximate surface area is 252 Å². The van der Waals surface area contributed by atoms with E-state index in [1.165, 1.54) is 35.9 Å². The van der Waals surface area contributed by atoms with Gasteiger partial charge >= 0.3 is 5.97 Å². The van der Waals surface area contributed by atoms with Crippen LogP contribution in [-0.4, -0.2) is 58.4 Å². The first-order chi connectivity index (χ1) is 19.9. The fourth-order valence-electron chi connectivity index (χ4n) is 4.98. The van der Waals surface area contributed by atoms with Gasteiger partial charge in [0.1, 0.15) is 17.7 Å². The predicted molar refractivity (Wildman–Crippen MR) is 164 cm³/mol. The van der Waals surface area contributed by atoms with Crippen molar-refractivity contribution in [2.75, 3.05) is 13.0 Å². The highest BCUT2D eigenvalue weighted by Gasteiger charge is 2.56. The first-order valence-corrected chi connectivity index (χ1v) is 15.6. The van der Waals surface area contributed by atoms with Crippen molar-refractivity contribution in [1.29, 1.82) is 0 Å². The zero-order valence-corrected chi connectivity index (χ0v) is 25.4. The average molecular weight is 599 g/mol. The van der Waals surface area contributed by atoms with E-state index in [1.54, 1.807) is 13.2 Å². The molecule has 1 saturated heterocycles. The summed E-state index contributed by atoms with van der Waals surface area (Å²) in [6, 6.07) is 16.0. The lowest BCUT2D eigenvalue weighted by molar-refractivity contribution is -0.161. The molecule has 2 aliphatic heterocycles. The number of likely N-dealkylation sites (tertiary alicyclic amines) is 1. The number of unbranched alkanes of at least 4 members (excludes halogenated alkanes) is 3. The van der Waals surface area contributed by atoms with Crippen LogP contribution in [0.3, 0.4) is 0 Å². The van der Waals surface area contributed by atoms with Crippen LogP contribution in [-0.2, 0) is 32.3 Å². The van der Waals surface area contributed by atoms with Crippen molar-refractivity contribution in [1.82, 2.24) is 4.90 Å². The SMILES string of the molecule is C=C(CCl)C(C(=O)OCc1cccc(OC)c1)N1C(=O)C2N=C(CC(CCCCCC)OCc3ccccc3)SC21. The van der Waals surface area contributed by atoms with Crippen LogP contribution in [0.2, 0.25) is 0 Å². The third-order valence-electron chi connectivity index (χ3n) is 7.28. The Balaban J connectivity index is 1.38. The van der Waals surface area contributed by atoms with E-state index in [1.807, 2.05) is 36.4 Å². The van der Waals surface area contributed by atoms with Crippen molar-refractivity contribution >= 4 is 40.3 Å². The minimum atomic E-state index is -0.965. The number of carbonyl (C=O) groups is 2. The Kier molecular flexibility index (Phi) is 11.7. The Morgan fingerprint density at radius 2 is 1.88 bits per heavy atom. The van der Waals surface area contributed by atoms with Crippen LogP contribution >= 0.6 is 23.4 Å². The lowest BCUT2D eigenvalue weighted by Gasteiger charge is -2.45. The summed E-state index contributed by atoms with van der Waals surface area (Å²) in [5, 5.41) is 0.589. The molecule has 9 heteroatoms. The number of hydrogen-bond donors (Lipinski definition) is 0. The Morgan fingerprint density at radius 1 is 1.10 bits per heavy atom. The molecular weight excluding hydrogens is 560 g/mol. The van der Waals surface area contributed by atoms with Crippen molar-refractivity contribution in [3.05, 3.63) is 77.9 Å². The van der Waals surface area contributed by atoms with Crippen LogP contribution in [0.4, 0.5) is 0 Å². The minimum Gasteiger partial charge on any atom is -0.497 e. The van der Waals surface area contributed by atoms with E-state index in [9.17, 15) is 9.59 Å². The molecule has 4 unspecified atom stereocenters. The number of nitrogens with zero attached hydrogens (tertiary/aromatic N) is 2. The Bertz CT molecular complexity index is 1220. The summed E-state index contributed by atoms with van der Waals surface area (Å²) in [5.41, 5.74) is 2.33. The highest BCUT2D eigenvalue weighted by molar-refractivity contribution is 8.14. The number of β-lactam (4-membered cyclic amide) rings is 1. The van der Waals surface area contributed by atoms with Gasteiger partial charge in [0.05, 0.1) is 24.9 Å². The van der Waals surface area contributed by atoms with E-state index in [-0.39, 0.29) is 29.9 Å². The second-order valence-electron chi connectivity index (χ2n) is 10.3. The summed E-state index contributed by atoms with van der Waals surface area (Å²) >= 11 is 7.63. The maximum absolute atomic E-state index is 13.3. The van der Waals surface area contributed by atoms with E-state index >= 15 is 0 Å². The molecule has 0 N–H and O–H groups in total. The van der Waals surface area contributed by atoms with E-state index in [0.717, 1.165) is 29.0 Å². The normalized spacial score (nSPS) is 19.1. The van der Waals surface area contributed by atoms with Crippen molar-refractivity contribution in [2.45, 2.75) is 82.2 Å². The number of aliphatic imine (C=N–C) groups is 1. The number of rotatable bonds is 17. The molecule has 2 aromatic rings. The molecule has 0 spiro atoms. The summed E-state index contributed by atoms with van der Waals surface area (Å²) in [7, 11) is 1.58. The number of amides is 1. The quantitative estimate of drug-likeness (QED) is 0.0677. The van der Waals surface area contributed by atoms with Gasteiger partial charge in [0.15, 0.2) is 12.1 Å². The van der Waals surface area contributed by atoms with Crippen LogP contribution in [0.1, 0.15) is 56.6 Å². The van der Waals surface area contributed by atoms with Gasteiger partial charge < -0.3 is 19.1 Å². The molecule has 0 bridgehead atoms. The number of thioether (sulfide) groups is 1. The summed E-state index contributed by atoms with van der Waals surface area (Å²) in [6.07, 6.45) is 6.20. The first kappa shape index (κ1) is 31.1. The number of methoxy groups -OCH3 is 1. The third-order valence-corrected chi connectivity index (χ3v) is 8.89. The van der Waals surface area contributed by atoms with Gasteiger partial charge in [-0.15, -0.1) is 11.6 Å². The number of halogens is 1. The predicted octanol–water partition coefficient (Wildman–Crippen LogP) is 6.53. The number of benzene rings is 2. The highest BCUT2D eigenvalue weighted by atomic mass is 35.5. The van der Waals surface area contributed by atoms with Gasteiger partial charge in [-0.05, 0) is 35.3 Å². The summed E-state index contributed by atoms with van der Waals surface area (Å²) in [5.74, 6) is -0.0633. The van der Waals surface area contributed by atoms with Crippen molar-refractivity contribution in [2.24, 2.45) is 4.99 Å². The molecule has 2 aliphatic rings. The molecule has 220 valence electrons. The summed E-state index contributed by atoms with van der Waals surface area (Å²) in [4.78, 5) is 32.8. The molecule has 4 atom stereocenters. The minimum absolute atomic E-state index is 0.000738. The molecule has 1 fully saturated rings. The van der Waals surface area contributed by atoms with Gasteiger partial charge in [-0.2, -0.15) is 0 Å². The molecule has 0 saturated carbocycles. The van der Waals surface area contributed by atoms with Gasteiger partial charge in [0.25, 0.3) is 5.91 Å². The van der Waals surface area contributed by atoms with Crippen molar-refractivity contribution in [3.63, 3.8) is 0 Å². The number of alkyl halides is 1. The van der Waals surface area contributed by atoms with Crippen LogP contribution < -0.4 is 4.74 Å². The van der Waals surface area contributed by atoms with Crippen molar-refractivity contribution < 1.29 is 23.8 Å². The molecule has 0 aliphatic carbocycles. The van der Waals surface area contributed by atoms with E-state index in [4.69, 9.17) is 30.8 Å². The molecule has 2 aromatic carbocycles. The van der Waals surface area contributed by atoms with Gasteiger partial charge in [-0.1, -0.05) is 93.4 Å². The van der Waals surface area contributed by atoms with Crippen LogP contribution in [0.15, 0.2) is 71.7 Å². The van der Waals surface area contributed by atoms with E-state index < -0.39 is 18.1 Å². The lowest BCUT2D eigenvalue weighted by Crippen LogP contribution is -2.66. The largest absolute Gasteiger partial charge is 0.497 e. The van der Waals surface area contributed by atoms with Gasteiger partial charge in [-0.25, -0.2) is 4.79 Å². The summed E-state index contributed by atoms with van der Waals surface area (Å²) in [6.45, 7) is 6.77. The maximum atomic E-state index is 13.3. The highest BCUT2D eigenvalue weighted by Crippen LogP contribution is 2.43. The fourth-order valence-corrected chi connectivity index (χ4v) is 6.51. The zero-order chi connectivity index (χ0) is 29.2. The van der Waals surface area contributed by atoms with Gasteiger partial charge in [0, 0.05) is 12.3 Å². The van der Waals surface area contributed by atoms with E-state index in [2.05, 4.69) is 25.6 Å². The van der Waals surface area contributed by atoms with Gasteiger partial charge in [-0.3, -0.25) is 9.79 Å². The number of fused-ring (bicyclic) bond motifs is 1. The Morgan fingerprint density at radius 3 is 2.61 bits per heavy atom. The zero-order valence-electron chi connectivity index (χ0n) is 23.8. The molecule has 41 heavy (non-hydrogen) atoms. The summed E-state index contributed by atoms with van der Waals surface area (Å²) < 4.78 is 17.2. The average Bonchev–Trinajstić information content (AvgIpc) is 3.38. The molecule has 7 nitrogen and oxygen atoms in total. The Hall–Kier alpha value is -2.81. The monoisotopic (exact) mass is 598 g/mol. The first-order valence-electron chi connectivity index (χ1n) is 14.2. The van der Waals surface area contributed by atoms with Crippen molar-refractivity contribution in [3.8, 4) is 5.75 Å². The second-order valence-corrected chi connectivity index (χ2v) is 11.8.